The SMILES string of the molecule is COC(=O)N1C=CC(Cl)=NC1. The van der Waals surface area contributed by atoms with Gasteiger partial charge in [-0.15, -0.1) is 0 Å². The Morgan fingerprint density at radius 2 is 2.64 bits per heavy atom. The summed E-state index contributed by atoms with van der Waals surface area (Å²) in [6.07, 6.45) is 2.62. The summed E-state index contributed by atoms with van der Waals surface area (Å²) in [5.74, 6) is 0. The van der Waals surface area contributed by atoms with Crippen LogP contribution in [0.25, 0.3) is 0 Å². The zero-order chi connectivity index (χ0) is 8.27. The average molecular weight is 175 g/mol. The average Bonchev–Trinajstić information content (AvgIpc) is 2.05. The van der Waals surface area contributed by atoms with Crippen molar-refractivity contribution in [2.24, 2.45) is 4.99 Å². The first-order valence-corrected chi connectivity index (χ1v) is 3.34. The van der Waals surface area contributed by atoms with Crippen molar-refractivity contribution in [2.75, 3.05) is 13.8 Å². The van der Waals surface area contributed by atoms with Crippen LogP contribution in [0.15, 0.2) is 17.3 Å². The number of aliphatic imine (C=N–C) groups is 1. The Balaban J connectivity index is 2.55. The van der Waals surface area contributed by atoms with Gasteiger partial charge in [0.25, 0.3) is 0 Å². The lowest BCUT2D eigenvalue weighted by atomic mass is 10.5. The number of carbonyl (C=O) groups excluding carboxylic acids is 1. The lowest BCUT2D eigenvalue weighted by Crippen LogP contribution is -2.27. The topological polar surface area (TPSA) is 41.9 Å². The molecule has 1 rings (SSSR count). The predicted molar refractivity (Wildman–Crippen MR) is 41.5 cm³/mol. The lowest BCUT2D eigenvalue weighted by molar-refractivity contribution is 0.140. The van der Waals surface area contributed by atoms with E-state index in [1.807, 2.05) is 0 Å². The maximum absolute atomic E-state index is 10.8. The number of methoxy groups -OCH3 is 1. The van der Waals surface area contributed by atoms with Gasteiger partial charge in [-0.05, 0) is 6.08 Å². The molecule has 0 spiro atoms. The maximum atomic E-state index is 10.8. The van der Waals surface area contributed by atoms with E-state index in [0.29, 0.717) is 5.17 Å². The highest BCUT2D eigenvalue weighted by molar-refractivity contribution is 6.68. The van der Waals surface area contributed by atoms with Gasteiger partial charge >= 0.3 is 6.09 Å². The second kappa shape index (κ2) is 3.39. The zero-order valence-corrected chi connectivity index (χ0v) is 6.71. The highest BCUT2D eigenvalue weighted by Gasteiger charge is 2.11. The number of hydrogen-bond donors (Lipinski definition) is 0. The summed E-state index contributed by atoms with van der Waals surface area (Å²) in [7, 11) is 1.32. The Morgan fingerprint density at radius 1 is 1.91 bits per heavy atom. The zero-order valence-electron chi connectivity index (χ0n) is 5.95. The van der Waals surface area contributed by atoms with Crippen molar-refractivity contribution < 1.29 is 9.53 Å². The van der Waals surface area contributed by atoms with Crippen LogP contribution in [0, 0.1) is 0 Å². The second-order valence-electron chi connectivity index (χ2n) is 1.88. The molecule has 0 N–H and O–H groups in total. The van der Waals surface area contributed by atoms with Crippen molar-refractivity contribution in [1.82, 2.24) is 4.90 Å². The van der Waals surface area contributed by atoms with Gasteiger partial charge in [-0.3, -0.25) is 9.89 Å². The van der Waals surface area contributed by atoms with Crippen LogP contribution in [0.5, 0.6) is 0 Å². The van der Waals surface area contributed by atoms with Gasteiger partial charge in [0, 0.05) is 6.20 Å². The van der Waals surface area contributed by atoms with E-state index in [-0.39, 0.29) is 6.67 Å². The Morgan fingerprint density at radius 3 is 3.09 bits per heavy atom. The maximum Gasteiger partial charge on any atom is 0.415 e. The van der Waals surface area contributed by atoms with Crippen LogP contribution < -0.4 is 0 Å². The van der Waals surface area contributed by atoms with Gasteiger partial charge in [-0.25, -0.2) is 4.79 Å². The molecule has 1 amide bonds. The monoisotopic (exact) mass is 174 g/mol. The summed E-state index contributed by atoms with van der Waals surface area (Å²) in [4.78, 5) is 15.9. The van der Waals surface area contributed by atoms with Crippen LogP contribution in [-0.4, -0.2) is 29.9 Å². The number of halogens is 1. The second-order valence-corrected chi connectivity index (χ2v) is 2.27. The normalized spacial score (nSPS) is 16.2. The summed E-state index contributed by atoms with van der Waals surface area (Å²) < 4.78 is 4.45. The number of amides is 1. The molecule has 1 heterocycles. The first kappa shape index (κ1) is 8.07. The molecule has 0 aromatic carbocycles. The Labute approximate surface area is 69.1 Å². The fraction of sp³-hybridized carbons (Fsp3) is 0.333. The summed E-state index contributed by atoms with van der Waals surface area (Å²) in [6.45, 7) is 0.224. The molecular weight excluding hydrogens is 168 g/mol. The van der Waals surface area contributed by atoms with Gasteiger partial charge in [-0.2, -0.15) is 0 Å². The van der Waals surface area contributed by atoms with E-state index >= 15 is 0 Å². The fourth-order valence-electron chi connectivity index (χ4n) is 0.631. The molecule has 0 aromatic rings. The molecule has 0 radical (unpaired) electrons. The molecule has 4 nitrogen and oxygen atoms in total. The van der Waals surface area contributed by atoms with E-state index in [2.05, 4.69) is 9.73 Å². The van der Waals surface area contributed by atoms with E-state index in [1.165, 1.54) is 24.3 Å². The van der Waals surface area contributed by atoms with Crippen LogP contribution in [0.3, 0.4) is 0 Å². The van der Waals surface area contributed by atoms with Crippen LogP contribution >= 0.6 is 11.6 Å². The van der Waals surface area contributed by atoms with Crippen LogP contribution in [-0.2, 0) is 4.74 Å². The number of rotatable bonds is 0. The van der Waals surface area contributed by atoms with E-state index in [9.17, 15) is 4.79 Å². The van der Waals surface area contributed by atoms with Gasteiger partial charge in [0.2, 0.25) is 0 Å². The van der Waals surface area contributed by atoms with E-state index in [0.717, 1.165) is 0 Å². The third-order valence-corrected chi connectivity index (χ3v) is 1.42. The predicted octanol–water partition coefficient (Wildman–Crippen LogP) is 1.18. The molecule has 0 saturated carbocycles. The van der Waals surface area contributed by atoms with Crippen molar-refractivity contribution in [3.63, 3.8) is 0 Å². The third kappa shape index (κ3) is 1.94. The van der Waals surface area contributed by atoms with Crippen LogP contribution in [0.1, 0.15) is 0 Å². The molecule has 5 heteroatoms. The van der Waals surface area contributed by atoms with Gasteiger partial charge in [0.05, 0.1) is 7.11 Å². The molecule has 0 aliphatic carbocycles. The highest BCUT2D eigenvalue weighted by Crippen LogP contribution is 2.03. The lowest BCUT2D eigenvalue weighted by Gasteiger charge is -2.16. The molecule has 60 valence electrons. The molecular formula is C6H7ClN2O2. The molecule has 0 unspecified atom stereocenters. The smallest absolute Gasteiger partial charge is 0.415 e. The number of nitrogens with zero attached hydrogens (tertiary/aromatic N) is 2. The largest absolute Gasteiger partial charge is 0.452 e. The van der Waals surface area contributed by atoms with Crippen molar-refractivity contribution in [2.45, 2.75) is 0 Å². The van der Waals surface area contributed by atoms with Crippen molar-refractivity contribution >= 4 is 22.9 Å². The highest BCUT2D eigenvalue weighted by atomic mass is 35.5. The van der Waals surface area contributed by atoms with Gasteiger partial charge in [0.15, 0.2) is 0 Å². The van der Waals surface area contributed by atoms with Crippen LogP contribution in [0.2, 0.25) is 0 Å². The summed E-state index contributed by atoms with van der Waals surface area (Å²) in [6, 6.07) is 0. The van der Waals surface area contributed by atoms with Gasteiger partial charge < -0.3 is 4.74 Å². The molecule has 1 aliphatic heterocycles. The van der Waals surface area contributed by atoms with Crippen LogP contribution in [0.4, 0.5) is 4.79 Å². The standard InChI is InChI=1S/C6H7ClN2O2/c1-11-6(10)9-3-2-5(7)8-4-9/h2-3H,4H2,1H3. The minimum atomic E-state index is -0.436. The Hall–Kier alpha value is -1.03. The van der Waals surface area contributed by atoms with E-state index < -0.39 is 6.09 Å². The van der Waals surface area contributed by atoms with Crippen molar-refractivity contribution in [1.29, 1.82) is 0 Å². The number of allylic oxidation sites excluding steroid dienone is 1. The third-order valence-electron chi connectivity index (χ3n) is 1.18. The minimum Gasteiger partial charge on any atom is -0.452 e. The molecule has 1 aliphatic rings. The van der Waals surface area contributed by atoms with E-state index in [1.54, 1.807) is 0 Å². The summed E-state index contributed by atoms with van der Waals surface area (Å²) in [5.41, 5.74) is 0. The first-order valence-electron chi connectivity index (χ1n) is 2.97. The summed E-state index contributed by atoms with van der Waals surface area (Å²) >= 11 is 5.51. The van der Waals surface area contributed by atoms with Gasteiger partial charge in [0.1, 0.15) is 11.8 Å². The molecule has 11 heavy (non-hydrogen) atoms. The minimum absolute atomic E-state index is 0.224. The number of hydrogen-bond acceptors (Lipinski definition) is 3. The number of carbonyl (C=O) groups is 1. The molecule has 0 aromatic heterocycles. The quantitative estimate of drug-likeness (QED) is 0.553. The molecule has 0 bridgehead atoms. The van der Waals surface area contributed by atoms with Crippen molar-refractivity contribution in [3.05, 3.63) is 12.3 Å². The summed E-state index contributed by atoms with van der Waals surface area (Å²) in [5, 5.41) is 0.394. The molecule has 0 fully saturated rings. The number of ether oxygens (including phenoxy) is 1. The van der Waals surface area contributed by atoms with E-state index in [4.69, 9.17) is 11.6 Å². The van der Waals surface area contributed by atoms with Crippen molar-refractivity contribution in [3.8, 4) is 0 Å². The molecule has 0 atom stereocenters. The Kier molecular flexibility index (Phi) is 2.48. The first-order chi connectivity index (χ1) is 5.24. The molecule has 0 saturated heterocycles. The fourth-order valence-corrected chi connectivity index (χ4v) is 0.741. The van der Waals surface area contributed by atoms with Gasteiger partial charge in [-0.1, -0.05) is 11.6 Å². The Bertz CT molecular complexity index is 225.